The van der Waals surface area contributed by atoms with Crippen LogP contribution < -0.4 is 5.32 Å². The van der Waals surface area contributed by atoms with E-state index in [4.69, 9.17) is 4.74 Å². The van der Waals surface area contributed by atoms with Gasteiger partial charge >= 0.3 is 0 Å². The van der Waals surface area contributed by atoms with Gasteiger partial charge in [0.1, 0.15) is 5.82 Å². The molecule has 0 radical (unpaired) electrons. The van der Waals surface area contributed by atoms with E-state index in [0.29, 0.717) is 13.2 Å². The van der Waals surface area contributed by atoms with E-state index in [9.17, 15) is 4.39 Å². The van der Waals surface area contributed by atoms with E-state index >= 15 is 0 Å². The summed E-state index contributed by atoms with van der Waals surface area (Å²) >= 11 is 3.35. The van der Waals surface area contributed by atoms with Gasteiger partial charge in [0.15, 0.2) is 0 Å². The Morgan fingerprint density at radius 2 is 1.96 bits per heavy atom. The Morgan fingerprint density at radius 1 is 1.15 bits per heavy atom. The Balaban J connectivity index is 1.54. The van der Waals surface area contributed by atoms with Crippen molar-refractivity contribution in [2.45, 2.75) is 25.0 Å². The Hall–Kier alpha value is -1.27. The number of aryl methyl sites for hydroxylation is 1. The smallest absolute Gasteiger partial charge is 0.124 e. The molecule has 1 aliphatic carbocycles. The Kier molecular flexibility index (Phi) is 5.41. The summed E-state index contributed by atoms with van der Waals surface area (Å²) in [6.07, 6.45) is 2.17. The fourth-order valence-corrected chi connectivity index (χ4v) is 4.88. The van der Waals surface area contributed by atoms with Gasteiger partial charge in [-0.05, 0) is 47.7 Å². The first kappa shape index (κ1) is 18.1. The van der Waals surface area contributed by atoms with E-state index in [1.807, 2.05) is 6.07 Å². The van der Waals surface area contributed by atoms with Crippen molar-refractivity contribution in [3.63, 3.8) is 0 Å². The van der Waals surface area contributed by atoms with Crippen molar-refractivity contribution in [1.29, 1.82) is 0 Å². The van der Waals surface area contributed by atoms with Crippen LogP contribution in [0.15, 0.2) is 46.9 Å². The fourth-order valence-electron chi connectivity index (χ4n) is 4.36. The summed E-state index contributed by atoms with van der Waals surface area (Å²) in [7, 11) is 0. The van der Waals surface area contributed by atoms with E-state index in [1.165, 1.54) is 17.2 Å². The maximum Gasteiger partial charge on any atom is 0.124 e. The van der Waals surface area contributed by atoms with Gasteiger partial charge in [-0.3, -0.25) is 4.90 Å². The fraction of sp³-hybridized carbons (Fsp3) is 0.429. The van der Waals surface area contributed by atoms with E-state index in [2.05, 4.69) is 50.4 Å². The van der Waals surface area contributed by atoms with Crippen molar-refractivity contribution < 1.29 is 9.13 Å². The maximum absolute atomic E-state index is 13.6. The van der Waals surface area contributed by atoms with E-state index in [-0.39, 0.29) is 11.4 Å². The largest absolute Gasteiger partial charge is 0.374 e. The van der Waals surface area contributed by atoms with Crippen molar-refractivity contribution in [3.05, 3.63) is 69.4 Å². The van der Waals surface area contributed by atoms with Crippen LogP contribution in [0.1, 0.15) is 23.1 Å². The minimum atomic E-state index is -0.235. The highest BCUT2D eigenvalue weighted by Gasteiger charge is 2.44. The lowest BCUT2D eigenvalue weighted by atomic mass is 9.89. The number of piperazine rings is 1. The molecule has 0 spiro atoms. The summed E-state index contributed by atoms with van der Waals surface area (Å²) in [6.45, 7) is 5.15. The van der Waals surface area contributed by atoms with Crippen LogP contribution in [0.2, 0.25) is 0 Å². The molecule has 2 aromatic rings. The highest BCUT2D eigenvalue weighted by molar-refractivity contribution is 9.10. The zero-order valence-corrected chi connectivity index (χ0v) is 16.4. The molecule has 0 bridgehead atoms. The molecular formula is C21H24BrFN2O. The second-order valence-corrected chi connectivity index (χ2v) is 8.11. The lowest BCUT2D eigenvalue weighted by Gasteiger charge is -2.44. The number of ether oxygens (including phenoxy) is 1. The van der Waals surface area contributed by atoms with Crippen LogP contribution >= 0.6 is 15.9 Å². The Morgan fingerprint density at radius 3 is 2.77 bits per heavy atom. The second-order valence-electron chi connectivity index (χ2n) is 7.20. The number of fused-ring (bicyclic) bond motifs is 1. The van der Waals surface area contributed by atoms with Crippen LogP contribution in [0.4, 0.5) is 4.39 Å². The highest BCUT2D eigenvalue weighted by Crippen LogP contribution is 2.42. The molecule has 5 heteroatoms. The van der Waals surface area contributed by atoms with Crippen molar-refractivity contribution in [1.82, 2.24) is 10.2 Å². The molecule has 1 fully saturated rings. The Labute approximate surface area is 162 Å². The molecule has 1 atom stereocenters. The summed E-state index contributed by atoms with van der Waals surface area (Å²) in [5, 5.41) is 3.44. The number of nitrogens with zero attached hydrogens (tertiary/aromatic N) is 1. The minimum absolute atomic E-state index is 0.0662. The van der Waals surface area contributed by atoms with Crippen LogP contribution in [0.25, 0.3) is 0 Å². The lowest BCUT2D eigenvalue weighted by Crippen LogP contribution is -2.55. The van der Waals surface area contributed by atoms with Gasteiger partial charge in [0.05, 0.1) is 18.8 Å². The SMILES string of the molecule is Fc1cc(Br)cc(COCC2(N3CCNCC3)CCc3ccccc32)c1. The normalized spacial score (nSPS) is 23.2. The van der Waals surface area contributed by atoms with Gasteiger partial charge in [0, 0.05) is 30.7 Å². The summed E-state index contributed by atoms with van der Waals surface area (Å²) in [5.41, 5.74) is 3.63. The van der Waals surface area contributed by atoms with E-state index in [1.54, 1.807) is 6.07 Å². The molecule has 1 N–H and O–H groups in total. The van der Waals surface area contributed by atoms with Crippen molar-refractivity contribution in [2.75, 3.05) is 32.8 Å². The lowest BCUT2D eigenvalue weighted by molar-refractivity contribution is -0.0240. The molecule has 3 nitrogen and oxygen atoms in total. The third-order valence-electron chi connectivity index (χ3n) is 5.58. The third-order valence-corrected chi connectivity index (χ3v) is 6.04. The molecule has 0 amide bonds. The van der Waals surface area contributed by atoms with Gasteiger partial charge in [-0.25, -0.2) is 4.39 Å². The van der Waals surface area contributed by atoms with Crippen LogP contribution in [-0.4, -0.2) is 37.7 Å². The number of nitrogens with one attached hydrogen (secondary N) is 1. The molecule has 0 saturated carbocycles. The number of hydrogen-bond donors (Lipinski definition) is 1. The summed E-state index contributed by atoms with van der Waals surface area (Å²) in [5.74, 6) is -0.235. The van der Waals surface area contributed by atoms with Gasteiger partial charge in [-0.15, -0.1) is 0 Å². The Bertz CT molecular complexity index is 758. The quantitative estimate of drug-likeness (QED) is 0.797. The molecule has 26 heavy (non-hydrogen) atoms. The molecule has 1 saturated heterocycles. The van der Waals surface area contributed by atoms with Gasteiger partial charge in [-0.2, -0.15) is 0 Å². The van der Waals surface area contributed by atoms with Crippen LogP contribution in [0.3, 0.4) is 0 Å². The topological polar surface area (TPSA) is 24.5 Å². The number of hydrogen-bond acceptors (Lipinski definition) is 3. The molecule has 138 valence electrons. The second kappa shape index (κ2) is 7.77. The van der Waals surface area contributed by atoms with Crippen LogP contribution in [0.5, 0.6) is 0 Å². The molecular weight excluding hydrogens is 395 g/mol. The predicted molar refractivity (Wildman–Crippen MR) is 105 cm³/mol. The number of halogens is 2. The summed E-state index contributed by atoms with van der Waals surface area (Å²) < 4.78 is 20.5. The van der Waals surface area contributed by atoms with Crippen molar-refractivity contribution >= 4 is 15.9 Å². The van der Waals surface area contributed by atoms with Crippen molar-refractivity contribution in [2.24, 2.45) is 0 Å². The molecule has 1 heterocycles. The van der Waals surface area contributed by atoms with Gasteiger partial charge in [-0.1, -0.05) is 40.2 Å². The molecule has 2 aliphatic rings. The standard InChI is InChI=1S/C21H24BrFN2O/c22-18-11-16(12-19(23)13-18)14-26-15-21(25-9-7-24-8-10-25)6-5-17-3-1-2-4-20(17)21/h1-4,11-13,24H,5-10,14-15H2. The van der Waals surface area contributed by atoms with Crippen LogP contribution in [-0.2, 0) is 23.3 Å². The molecule has 0 aromatic heterocycles. The van der Waals surface area contributed by atoms with Crippen LogP contribution in [0, 0.1) is 5.82 Å². The first-order valence-electron chi connectivity index (χ1n) is 9.24. The van der Waals surface area contributed by atoms with E-state index < -0.39 is 0 Å². The number of rotatable bonds is 5. The number of benzene rings is 2. The molecule has 1 aliphatic heterocycles. The first-order chi connectivity index (χ1) is 12.7. The summed E-state index contributed by atoms with van der Waals surface area (Å²) in [6, 6.07) is 13.7. The predicted octanol–water partition coefficient (Wildman–Crippen LogP) is 3.85. The zero-order chi connectivity index (χ0) is 18.0. The highest BCUT2D eigenvalue weighted by atomic mass is 79.9. The average Bonchev–Trinajstić information content (AvgIpc) is 3.02. The molecule has 4 rings (SSSR count). The van der Waals surface area contributed by atoms with Crippen molar-refractivity contribution in [3.8, 4) is 0 Å². The maximum atomic E-state index is 13.6. The molecule has 2 aromatic carbocycles. The summed E-state index contributed by atoms with van der Waals surface area (Å²) in [4.78, 5) is 2.58. The minimum Gasteiger partial charge on any atom is -0.374 e. The average molecular weight is 419 g/mol. The van der Waals surface area contributed by atoms with E-state index in [0.717, 1.165) is 49.1 Å². The first-order valence-corrected chi connectivity index (χ1v) is 10.0. The third kappa shape index (κ3) is 3.58. The van der Waals surface area contributed by atoms with Gasteiger partial charge in [0.2, 0.25) is 0 Å². The monoisotopic (exact) mass is 418 g/mol. The zero-order valence-electron chi connectivity index (χ0n) is 14.8. The van der Waals surface area contributed by atoms with Gasteiger partial charge < -0.3 is 10.1 Å². The molecule has 1 unspecified atom stereocenters. The van der Waals surface area contributed by atoms with Gasteiger partial charge in [0.25, 0.3) is 0 Å².